The molecule has 4 heteroatoms. The predicted molar refractivity (Wildman–Crippen MR) is 70.8 cm³/mol. The van der Waals surface area contributed by atoms with Crippen molar-refractivity contribution in [2.24, 2.45) is 18.4 Å². The molecule has 0 fully saturated rings. The molecule has 1 atom stereocenters. The van der Waals surface area contributed by atoms with Crippen molar-refractivity contribution in [3.05, 3.63) is 11.9 Å². The maximum atomic E-state index is 4.20. The summed E-state index contributed by atoms with van der Waals surface area (Å²) in [5.74, 6) is 0.607. The van der Waals surface area contributed by atoms with E-state index in [2.05, 4.69) is 50.2 Å². The molecule has 1 aromatic heterocycles. The number of aromatic nitrogens is 3. The molecule has 1 rings (SSSR count). The fourth-order valence-electron chi connectivity index (χ4n) is 1.80. The summed E-state index contributed by atoms with van der Waals surface area (Å²) in [6, 6.07) is 0.523. The second kappa shape index (κ2) is 5.63. The second-order valence-electron chi connectivity index (χ2n) is 5.90. The van der Waals surface area contributed by atoms with Crippen molar-refractivity contribution in [2.45, 2.75) is 47.1 Å². The van der Waals surface area contributed by atoms with Crippen LogP contribution in [0.5, 0.6) is 0 Å². The molecular formula is C13H26N4. The van der Waals surface area contributed by atoms with Gasteiger partial charge in [-0.15, -0.1) is 5.10 Å². The Kier molecular flexibility index (Phi) is 4.69. The predicted octanol–water partition coefficient (Wildman–Crippen LogP) is 2.02. The SMILES string of the molecule is CC(C)NCC(C)(Cc1cn(C)nn1)C(C)C. The Hall–Kier alpha value is -0.900. The number of rotatable bonds is 6. The van der Waals surface area contributed by atoms with Gasteiger partial charge in [0, 0.05) is 25.8 Å². The monoisotopic (exact) mass is 238 g/mol. The van der Waals surface area contributed by atoms with Gasteiger partial charge in [0.25, 0.3) is 0 Å². The molecular weight excluding hydrogens is 212 g/mol. The molecule has 0 amide bonds. The Labute approximate surface area is 105 Å². The van der Waals surface area contributed by atoms with Crippen molar-refractivity contribution in [3.63, 3.8) is 0 Å². The van der Waals surface area contributed by atoms with E-state index in [0.29, 0.717) is 12.0 Å². The van der Waals surface area contributed by atoms with Crippen LogP contribution in [-0.2, 0) is 13.5 Å². The number of nitrogens with zero attached hydrogens (tertiary/aromatic N) is 3. The smallest absolute Gasteiger partial charge is 0.0833 e. The second-order valence-corrected chi connectivity index (χ2v) is 5.90. The van der Waals surface area contributed by atoms with Crippen molar-refractivity contribution in [1.29, 1.82) is 0 Å². The van der Waals surface area contributed by atoms with Gasteiger partial charge in [-0.3, -0.25) is 4.68 Å². The molecule has 1 heterocycles. The molecule has 0 radical (unpaired) electrons. The quantitative estimate of drug-likeness (QED) is 0.824. The number of aryl methyl sites for hydroxylation is 1. The molecule has 17 heavy (non-hydrogen) atoms. The minimum absolute atomic E-state index is 0.223. The topological polar surface area (TPSA) is 42.7 Å². The highest BCUT2D eigenvalue weighted by Crippen LogP contribution is 2.30. The number of nitrogens with one attached hydrogen (secondary N) is 1. The van der Waals surface area contributed by atoms with Crippen LogP contribution in [0, 0.1) is 11.3 Å². The van der Waals surface area contributed by atoms with Gasteiger partial charge in [-0.1, -0.05) is 39.8 Å². The molecule has 0 bridgehead atoms. The van der Waals surface area contributed by atoms with E-state index >= 15 is 0 Å². The summed E-state index contributed by atoms with van der Waals surface area (Å²) in [4.78, 5) is 0. The molecule has 1 unspecified atom stereocenters. The Balaban J connectivity index is 2.70. The van der Waals surface area contributed by atoms with E-state index < -0.39 is 0 Å². The molecule has 98 valence electrons. The van der Waals surface area contributed by atoms with Gasteiger partial charge >= 0.3 is 0 Å². The molecule has 0 aliphatic carbocycles. The average Bonchev–Trinajstić information content (AvgIpc) is 2.60. The van der Waals surface area contributed by atoms with Gasteiger partial charge in [0.15, 0.2) is 0 Å². The van der Waals surface area contributed by atoms with Crippen LogP contribution in [-0.4, -0.2) is 27.6 Å². The van der Waals surface area contributed by atoms with Gasteiger partial charge in [0.05, 0.1) is 5.69 Å². The van der Waals surface area contributed by atoms with Crippen LogP contribution in [0.3, 0.4) is 0 Å². The van der Waals surface area contributed by atoms with Crippen molar-refractivity contribution in [3.8, 4) is 0 Å². The van der Waals surface area contributed by atoms with Crippen LogP contribution < -0.4 is 5.32 Å². The third kappa shape index (κ3) is 4.11. The Morgan fingerprint density at radius 1 is 1.35 bits per heavy atom. The highest BCUT2D eigenvalue weighted by atomic mass is 15.4. The molecule has 0 aliphatic heterocycles. The molecule has 0 spiro atoms. The summed E-state index contributed by atoms with van der Waals surface area (Å²) >= 11 is 0. The molecule has 0 aromatic carbocycles. The standard InChI is InChI=1S/C13H26N4/c1-10(2)13(5,9-14-11(3)4)7-12-8-17(6)16-15-12/h8,10-11,14H,7,9H2,1-6H3. The Morgan fingerprint density at radius 3 is 2.41 bits per heavy atom. The zero-order valence-corrected chi connectivity index (χ0v) is 12.0. The fraction of sp³-hybridized carbons (Fsp3) is 0.846. The van der Waals surface area contributed by atoms with Gasteiger partial charge in [-0.2, -0.15) is 0 Å². The van der Waals surface area contributed by atoms with Crippen molar-refractivity contribution >= 4 is 0 Å². The number of hydrogen-bond donors (Lipinski definition) is 1. The lowest BCUT2D eigenvalue weighted by Crippen LogP contribution is -2.40. The van der Waals surface area contributed by atoms with E-state index in [9.17, 15) is 0 Å². The molecule has 0 saturated heterocycles. The maximum absolute atomic E-state index is 4.20. The van der Waals surface area contributed by atoms with Gasteiger partial charge in [0.2, 0.25) is 0 Å². The van der Waals surface area contributed by atoms with E-state index in [1.807, 2.05) is 13.2 Å². The summed E-state index contributed by atoms with van der Waals surface area (Å²) in [6.45, 7) is 12.3. The number of hydrogen-bond acceptors (Lipinski definition) is 3. The van der Waals surface area contributed by atoms with Crippen LogP contribution in [0.15, 0.2) is 6.20 Å². The minimum Gasteiger partial charge on any atom is -0.314 e. The first-order valence-electron chi connectivity index (χ1n) is 6.42. The van der Waals surface area contributed by atoms with Crippen LogP contribution >= 0.6 is 0 Å². The zero-order chi connectivity index (χ0) is 13.1. The van der Waals surface area contributed by atoms with Gasteiger partial charge < -0.3 is 5.32 Å². The van der Waals surface area contributed by atoms with Crippen molar-refractivity contribution < 1.29 is 0 Å². The van der Waals surface area contributed by atoms with E-state index in [0.717, 1.165) is 18.7 Å². The average molecular weight is 238 g/mol. The summed E-state index contributed by atoms with van der Waals surface area (Å²) in [5, 5.41) is 11.7. The maximum Gasteiger partial charge on any atom is 0.0833 e. The molecule has 0 saturated carbocycles. The van der Waals surface area contributed by atoms with Gasteiger partial charge in [0.1, 0.15) is 0 Å². The van der Waals surface area contributed by atoms with E-state index in [1.54, 1.807) is 4.68 Å². The fourth-order valence-corrected chi connectivity index (χ4v) is 1.80. The zero-order valence-electron chi connectivity index (χ0n) is 12.0. The molecule has 4 nitrogen and oxygen atoms in total. The third-order valence-electron chi connectivity index (χ3n) is 3.54. The minimum atomic E-state index is 0.223. The normalized spacial score (nSPS) is 15.5. The summed E-state index contributed by atoms with van der Waals surface area (Å²) in [7, 11) is 1.91. The van der Waals surface area contributed by atoms with Crippen molar-refractivity contribution in [1.82, 2.24) is 20.3 Å². The van der Waals surface area contributed by atoms with Crippen molar-refractivity contribution in [2.75, 3.05) is 6.54 Å². The van der Waals surface area contributed by atoms with Gasteiger partial charge in [-0.25, -0.2) is 0 Å². The lowest BCUT2D eigenvalue weighted by Gasteiger charge is -2.34. The summed E-state index contributed by atoms with van der Waals surface area (Å²) < 4.78 is 1.77. The van der Waals surface area contributed by atoms with Crippen LogP contribution in [0.2, 0.25) is 0 Å². The Bertz CT molecular complexity index is 343. The highest BCUT2D eigenvalue weighted by molar-refractivity contribution is 4.99. The first-order valence-corrected chi connectivity index (χ1v) is 6.42. The first kappa shape index (κ1) is 14.2. The van der Waals surface area contributed by atoms with Crippen LogP contribution in [0.1, 0.15) is 40.3 Å². The van der Waals surface area contributed by atoms with E-state index in [1.165, 1.54) is 0 Å². The largest absolute Gasteiger partial charge is 0.314 e. The van der Waals surface area contributed by atoms with E-state index in [4.69, 9.17) is 0 Å². The summed E-state index contributed by atoms with van der Waals surface area (Å²) in [5.41, 5.74) is 1.30. The van der Waals surface area contributed by atoms with Crippen LogP contribution in [0.25, 0.3) is 0 Å². The van der Waals surface area contributed by atoms with Gasteiger partial charge in [-0.05, 0) is 17.8 Å². The third-order valence-corrected chi connectivity index (χ3v) is 3.54. The lowest BCUT2D eigenvalue weighted by atomic mass is 9.75. The molecule has 1 aromatic rings. The highest BCUT2D eigenvalue weighted by Gasteiger charge is 2.29. The summed E-state index contributed by atoms with van der Waals surface area (Å²) in [6.07, 6.45) is 2.98. The van der Waals surface area contributed by atoms with E-state index in [-0.39, 0.29) is 5.41 Å². The molecule has 0 aliphatic rings. The van der Waals surface area contributed by atoms with Crippen LogP contribution in [0.4, 0.5) is 0 Å². The molecule has 1 N–H and O–H groups in total. The lowest BCUT2D eigenvalue weighted by molar-refractivity contribution is 0.200. The first-order chi connectivity index (χ1) is 7.83. The Morgan fingerprint density at radius 2 is 2.00 bits per heavy atom.